The van der Waals surface area contributed by atoms with E-state index >= 15 is 0 Å². The monoisotopic (exact) mass is 448 g/mol. The van der Waals surface area contributed by atoms with Gasteiger partial charge in [-0.05, 0) is 56.6 Å². The van der Waals surface area contributed by atoms with Gasteiger partial charge in [-0.25, -0.2) is 0 Å². The summed E-state index contributed by atoms with van der Waals surface area (Å²) in [6.45, 7) is 11.8. The van der Waals surface area contributed by atoms with Crippen LogP contribution in [0.1, 0.15) is 118 Å². The molecule has 1 fully saturated rings. The molecule has 0 amide bonds. The molecular formula is C28H48O4. The molecule has 2 unspecified atom stereocenters. The molecular weight excluding hydrogens is 400 g/mol. The van der Waals surface area contributed by atoms with Gasteiger partial charge in [0.1, 0.15) is 12.7 Å². The lowest BCUT2D eigenvalue weighted by Crippen LogP contribution is -2.27. The van der Waals surface area contributed by atoms with E-state index in [9.17, 15) is 4.79 Å². The topological polar surface area (TPSA) is 44.8 Å². The van der Waals surface area contributed by atoms with Crippen molar-refractivity contribution in [2.45, 2.75) is 130 Å². The van der Waals surface area contributed by atoms with Crippen LogP contribution in [0.5, 0.6) is 0 Å². The van der Waals surface area contributed by atoms with Crippen molar-refractivity contribution in [3.05, 3.63) is 23.3 Å². The summed E-state index contributed by atoms with van der Waals surface area (Å²) in [5.74, 6) is -0.875. The number of carbonyl (C=O) groups excluding carboxylic acids is 1. The van der Waals surface area contributed by atoms with Gasteiger partial charge in [-0.3, -0.25) is 4.79 Å². The second-order valence-electron chi connectivity index (χ2n) is 10.6. The second kappa shape index (κ2) is 13.5. The summed E-state index contributed by atoms with van der Waals surface area (Å²) in [4.78, 5) is 12.1. The van der Waals surface area contributed by atoms with Crippen LogP contribution >= 0.6 is 0 Å². The van der Waals surface area contributed by atoms with Gasteiger partial charge < -0.3 is 14.2 Å². The number of rotatable bonds is 14. The molecule has 0 saturated carbocycles. The van der Waals surface area contributed by atoms with E-state index in [0.717, 1.165) is 12.8 Å². The van der Waals surface area contributed by atoms with Crippen LogP contribution in [0.25, 0.3) is 0 Å². The molecule has 0 aromatic heterocycles. The second-order valence-corrected chi connectivity index (χ2v) is 10.6. The molecule has 2 rings (SSSR count). The molecule has 32 heavy (non-hydrogen) atoms. The molecule has 4 heteroatoms. The van der Waals surface area contributed by atoms with Crippen LogP contribution in [0, 0.1) is 5.41 Å². The summed E-state index contributed by atoms with van der Waals surface area (Å²) in [6.07, 6.45) is 19.4. The Labute approximate surface area is 197 Å². The summed E-state index contributed by atoms with van der Waals surface area (Å²) in [6, 6.07) is 0. The van der Waals surface area contributed by atoms with Crippen molar-refractivity contribution in [1.82, 2.24) is 0 Å². The average molecular weight is 449 g/mol. The minimum absolute atomic E-state index is 0.120. The first-order valence-corrected chi connectivity index (χ1v) is 13.1. The van der Waals surface area contributed by atoms with Crippen LogP contribution < -0.4 is 0 Å². The zero-order valence-corrected chi connectivity index (χ0v) is 21.5. The van der Waals surface area contributed by atoms with E-state index in [1.165, 1.54) is 75.4 Å². The quantitative estimate of drug-likeness (QED) is 0.202. The SMILES string of the molecule is CCCCCCCCCCCC(=O)OCC1COC(C)(C=CC2=C(C)CCCC2(C)C)O1. The fourth-order valence-electron chi connectivity index (χ4n) is 4.91. The lowest BCUT2D eigenvalue weighted by atomic mass is 9.72. The summed E-state index contributed by atoms with van der Waals surface area (Å²) >= 11 is 0. The van der Waals surface area contributed by atoms with Crippen molar-refractivity contribution in [3.8, 4) is 0 Å². The maximum atomic E-state index is 12.1. The fraction of sp³-hybridized carbons (Fsp3) is 0.821. The molecule has 2 atom stereocenters. The van der Waals surface area contributed by atoms with Gasteiger partial charge in [0.2, 0.25) is 0 Å². The number of hydrogen-bond donors (Lipinski definition) is 0. The maximum absolute atomic E-state index is 12.1. The Morgan fingerprint density at radius 2 is 1.72 bits per heavy atom. The predicted molar refractivity (Wildman–Crippen MR) is 132 cm³/mol. The molecule has 1 heterocycles. The Balaban J connectivity index is 1.62. The largest absolute Gasteiger partial charge is 0.463 e. The third kappa shape index (κ3) is 9.39. The number of unbranched alkanes of at least 4 members (excludes halogenated alkanes) is 8. The van der Waals surface area contributed by atoms with E-state index in [2.05, 4.69) is 33.8 Å². The van der Waals surface area contributed by atoms with E-state index in [4.69, 9.17) is 14.2 Å². The molecule has 0 aromatic carbocycles. The van der Waals surface area contributed by atoms with Gasteiger partial charge in [0.25, 0.3) is 0 Å². The minimum atomic E-state index is -0.755. The number of esters is 1. The Hall–Kier alpha value is -1.13. The van der Waals surface area contributed by atoms with E-state index in [0.29, 0.717) is 13.0 Å². The van der Waals surface area contributed by atoms with Crippen molar-refractivity contribution < 1.29 is 19.0 Å². The van der Waals surface area contributed by atoms with Gasteiger partial charge in [-0.15, -0.1) is 0 Å². The molecule has 1 aliphatic heterocycles. The molecule has 0 bridgehead atoms. The number of hydrogen-bond acceptors (Lipinski definition) is 4. The molecule has 4 nitrogen and oxygen atoms in total. The highest BCUT2D eigenvalue weighted by Gasteiger charge is 2.36. The number of carbonyl (C=O) groups is 1. The fourth-order valence-corrected chi connectivity index (χ4v) is 4.91. The summed E-state index contributed by atoms with van der Waals surface area (Å²) in [7, 11) is 0. The lowest BCUT2D eigenvalue weighted by Gasteiger charge is -2.33. The van der Waals surface area contributed by atoms with E-state index in [1.807, 2.05) is 13.0 Å². The molecule has 1 aliphatic carbocycles. The zero-order chi connectivity index (χ0) is 23.5. The zero-order valence-electron chi connectivity index (χ0n) is 21.5. The van der Waals surface area contributed by atoms with Crippen molar-refractivity contribution >= 4 is 5.97 Å². The maximum Gasteiger partial charge on any atom is 0.305 e. The molecule has 1 saturated heterocycles. The van der Waals surface area contributed by atoms with Crippen LogP contribution in [-0.4, -0.2) is 31.1 Å². The first kappa shape index (κ1) is 27.1. The highest BCUT2D eigenvalue weighted by molar-refractivity contribution is 5.69. The molecule has 0 radical (unpaired) electrons. The van der Waals surface area contributed by atoms with Gasteiger partial charge in [-0.1, -0.05) is 83.8 Å². The van der Waals surface area contributed by atoms with Gasteiger partial charge in [0.05, 0.1) is 6.61 Å². The van der Waals surface area contributed by atoms with Gasteiger partial charge in [0, 0.05) is 6.42 Å². The number of allylic oxidation sites excluding steroid dienone is 3. The van der Waals surface area contributed by atoms with Crippen molar-refractivity contribution in [2.75, 3.05) is 13.2 Å². The van der Waals surface area contributed by atoms with E-state index in [1.54, 1.807) is 0 Å². The third-order valence-corrected chi connectivity index (χ3v) is 6.97. The lowest BCUT2D eigenvalue weighted by molar-refractivity contribution is -0.152. The molecule has 0 spiro atoms. The molecule has 2 aliphatic rings. The Morgan fingerprint density at radius 3 is 2.38 bits per heavy atom. The minimum Gasteiger partial charge on any atom is -0.463 e. The Kier molecular flexibility index (Phi) is 11.5. The van der Waals surface area contributed by atoms with Crippen molar-refractivity contribution in [3.63, 3.8) is 0 Å². The van der Waals surface area contributed by atoms with Crippen LogP contribution in [0.3, 0.4) is 0 Å². The highest BCUT2D eigenvalue weighted by atomic mass is 16.7. The smallest absolute Gasteiger partial charge is 0.305 e. The summed E-state index contributed by atoms with van der Waals surface area (Å²) in [5, 5.41) is 0. The molecule has 184 valence electrons. The first-order chi connectivity index (χ1) is 15.3. The summed E-state index contributed by atoms with van der Waals surface area (Å²) in [5.41, 5.74) is 3.05. The van der Waals surface area contributed by atoms with E-state index in [-0.39, 0.29) is 24.1 Å². The normalized spacial score (nSPS) is 25.6. The molecule has 0 N–H and O–H groups in total. The van der Waals surface area contributed by atoms with Crippen molar-refractivity contribution in [1.29, 1.82) is 0 Å². The van der Waals surface area contributed by atoms with Crippen LogP contribution in [0.2, 0.25) is 0 Å². The average Bonchev–Trinajstić information content (AvgIpc) is 3.11. The Morgan fingerprint density at radius 1 is 1.06 bits per heavy atom. The van der Waals surface area contributed by atoms with Gasteiger partial charge in [-0.2, -0.15) is 0 Å². The van der Waals surface area contributed by atoms with Gasteiger partial charge >= 0.3 is 5.97 Å². The molecule has 0 aromatic rings. The van der Waals surface area contributed by atoms with Gasteiger partial charge in [0.15, 0.2) is 5.79 Å². The van der Waals surface area contributed by atoms with E-state index < -0.39 is 5.79 Å². The standard InChI is InChI=1S/C28H48O4/c1-6-7-8-9-10-11-12-13-14-17-26(29)30-21-24-22-31-28(5,32-24)20-18-25-23(2)16-15-19-27(25,3)4/h18,20,24H,6-17,19,21-22H2,1-5H3. The summed E-state index contributed by atoms with van der Waals surface area (Å²) < 4.78 is 17.5. The predicted octanol–water partition coefficient (Wildman–Crippen LogP) is 7.66. The first-order valence-electron chi connectivity index (χ1n) is 13.1. The van der Waals surface area contributed by atoms with Crippen LogP contribution in [-0.2, 0) is 19.0 Å². The highest BCUT2D eigenvalue weighted by Crippen LogP contribution is 2.41. The van der Waals surface area contributed by atoms with Crippen LogP contribution in [0.15, 0.2) is 23.3 Å². The third-order valence-electron chi connectivity index (χ3n) is 6.97. The van der Waals surface area contributed by atoms with Crippen molar-refractivity contribution in [2.24, 2.45) is 5.41 Å². The Bertz CT molecular complexity index is 633. The van der Waals surface area contributed by atoms with Crippen LogP contribution in [0.4, 0.5) is 0 Å². The number of ether oxygens (including phenoxy) is 3.